The second kappa shape index (κ2) is 8.71. The van der Waals surface area contributed by atoms with Gasteiger partial charge in [0.15, 0.2) is 5.13 Å². The quantitative estimate of drug-likeness (QED) is 0.386. The van der Waals surface area contributed by atoms with Crippen molar-refractivity contribution in [2.75, 3.05) is 11.5 Å². The van der Waals surface area contributed by atoms with E-state index in [1.165, 1.54) is 22.5 Å². The van der Waals surface area contributed by atoms with Crippen LogP contribution in [0.4, 0.5) is 5.13 Å². The fraction of sp³-hybridized carbons (Fsp3) is 0.250. The summed E-state index contributed by atoms with van der Waals surface area (Å²) in [7, 11) is 0. The zero-order valence-corrected chi connectivity index (χ0v) is 18.2. The Labute approximate surface area is 179 Å². The summed E-state index contributed by atoms with van der Waals surface area (Å²) in [6.45, 7) is 7.08. The Hall–Kier alpha value is -3.12. The number of carbonyl (C=O) groups excluding carboxylic acids is 1. The number of ether oxygens (including phenoxy) is 1. The van der Waals surface area contributed by atoms with Crippen molar-refractivity contribution in [2.24, 2.45) is 0 Å². The van der Waals surface area contributed by atoms with Gasteiger partial charge >= 0.3 is 0 Å². The molecule has 4 rings (SSSR count). The van der Waals surface area contributed by atoms with Gasteiger partial charge in [0.1, 0.15) is 11.5 Å². The summed E-state index contributed by atoms with van der Waals surface area (Å²) in [6, 6.07) is 15.6. The van der Waals surface area contributed by atoms with E-state index < -0.39 is 0 Å². The van der Waals surface area contributed by atoms with Crippen LogP contribution in [0, 0.1) is 13.8 Å². The van der Waals surface area contributed by atoms with Crippen LogP contribution in [0.3, 0.4) is 0 Å². The molecule has 1 amide bonds. The Morgan fingerprint density at radius 1 is 1.13 bits per heavy atom. The number of nitrogens with zero attached hydrogens (tertiary/aromatic N) is 2. The summed E-state index contributed by atoms with van der Waals surface area (Å²) < 4.78 is 12.1. The number of anilines is 1. The van der Waals surface area contributed by atoms with E-state index in [1.54, 1.807) is 11.2 Å². The number of aryl methyl sites for hydroxylation is 2. The van der Waals surface area contributed by atoms with Gasteiger partial charge in [-0.1, -0.05) is 23.5 Å². The Morgan fingerprint density at radius 2 is 1.90 bits per heavy atom. The molecular formula is C24H24N2O3S. The van der Waals surface area contributed by atoms with E-state index in [0.29, 0.717) is 18.3 Å². The summed E-state index contributed by atoms with van der Waals surface area (Å²) in [5.41, 5.74) is 4.26. The van der Waals surface area contributed by atoms with Gasteiger partial charge in [0, 0.05) is 0 Å². The smallest absolute Gasteiger partial charge is 0.233 e. The highest BCUT2D eigenvalue weighted by Crippen LogP contribution is 2.32. The predicted octanol–water partition coefficient (Wildman–Crippen LogP) is 5.68. The minimum atomic E-state index is -0.0249. The number of hydrogen-bond donors (Lipinski definition) is 0. The summed E-state index contributed by atoms with van der Waals surface area (Å²) in [6.07, 6.45) is 1.90. The van der Waals surface area contributed by atoms with Gasteiger partial charge < -0.3 is 9.15 Å². The number of furan rings is 1. The lowest BCUT2D eigenvalue weighted by atomic mass is 10.1. The molecule has 0 aliphatic carbocycles. The van der Waals surface area contributed by atoms with E-state index in [2.05, 4.69) is 26.0 Å². The van der Waals surface area contributed by atoms with E-state index in [0.717, 1.165) is 27.3 Å². The van der Waals surface area contributed by atoms with Crippen molar-refractivity contribution < 1.29 is 13.9 Å². The Morgan fingerprint density at radius 3 is 2.60 bits per heavy atom. The topological polar surface area (TPSA) is 55.6 Å². The third-order valence-corrected chi connectivity index (χ3v) is 6.05. The number of aromatic nitrogens is 1. The SMILES string of the molecule is CCOc1ccc(CC(=O)N(Cc2ccco2)c2nc3cc(C)c(C)cc3s2)cc1. The van der Waals surface area contributed by atoms with Gasteiger partial charge in [0.05, 0.1) is 36.1 Å². The average molecular weight is 421 g/mol. The lowest BCUT2D eigenvalue weighted by Gasteiger charge is -2.19. The molecule has 0 saturated heterocycles. The number of rotatable bonds is 7. The highest BCUT2D eigenvalue weighted by molar-refractivity contribution is 7.22. The number of thiazole rings is 1. The molecule has 0 fully saturated rings. The maximum atomic E-state index is 13.3. The first-order chi connectivity index (χ1) is 14.5. The summed E-state index contributed by atoms with van der Waals surface area (Å²) in [5.74, 6) is 1.50. The number of hydrogen-bond acceptors (Lipinski definition) is 5. The first-order valence-electron chi connectivity index (χ1n) is 9.95. The molecular weight excluding hydrogens is 396 g/mol. The maximum Gasteiger partial charge on any atom is 0.233 e. The molecule has 154 valence electrons. The molecule has 0 bridgehead atoms. The first kappa shape index (κ1) is 20.2. The van der Waals surface area contributed by atoms with Crippen LogP contribution in [-0.4, -0.2) is 17.5 Å². The standard InChI is InChI=1S/C24H24N2O3S/c1-4-28-19-9-7-18(8-10-19)14-23(27)26(15-20-6-5-11-29-20)24-25-21-12-16(2)17(3)13-22(21)30-24/h5-13H,4,14-15H2,1-3H3. The summed E-state index contributed by atoms with van der Waals surface area (Å²) >= 11 is 1.53. The lowest BCUT2D eigenvalue weighted by Crippen LogP contribution is -2.31. The van der Waals surface area contributed by atoms with Crippen molar-refractivity contribution in [3.8, 4) is 5.75 Å². The van der Waals surface area contributed by atoms with Crippen LogP contribution in [-0.2, 0) is 17.8 Å². The third-order valence-electron chi connectivity index (χ3n) is 5.01. The van der Waals surface area contributed by atoms with Gasteiger partial charge in [-0.3, -0.25) is 9.69 Å². The van der Waals surface area contributed by atoms with Crippen molar-refractivity contribution in [1.29, 1.82) is 0 Å². The van der Waals surface area contributed by atoms with Gasteiger partial charge in [-0.25, -0.2) is 4.98 Å². The molecule has 5 nitrogen and oxygen atoms in total. The van der Waals surface area contributed by atoms with Gasteiger partial charge in [-0.2, -0.15) is 0 Å². The van der Waals surface area contributed by atoms with Gasteiger partial charge in [-0.05, 0) is 73.9 Å². The largest absolute Gasteiger partial charge is 0.494 e. The van der Waals surface area contributed by atoms with Crippen molar-refractivity contribution in [3.63, 3.8) is 0 Å². The fourth-order valence-corrected chi connectivity index (χ4v) is 4.31. The Bertz CT molecular complexity index is 1110. The van der Waals surface area contributed by atoms with E-state index in [4.69, 9.17) is 14.1 Å². The molecule has 6 heteroatoms. The number of amides is 1. The lowest BCUT2D eigenvalue weighted by molar-refractivity contribution is -0.118. The highest BCUT2D eigenvalue weighted by Gasteiger charge is 2.22. The molecule has 2 heterocycles. The van der Waals surface area contributed by atoms with Crippen molar-refractivity contribution in [1.82, 2.24) is 4.98 Å². The molecule has 0 saturated carbocycles. The van der Waals surface area contributed by atoms with Gasteiger partial charge in [-0.15, -0.1) is 0 Å². The highest BCUT2D eigenvalue weighted by atomic mass is 32.1. The molecule has 4 aromatic rings. The predicted molar refractivity (Wildman–Crippen MR) is 120 cm³/mol. The number of carbonyl (C=O) groups is 1. The fourth-order valence-electron chi connectivity index (χ4n) is 3.24. The molecule has 0 radical (unpaired) electrons. The molecule has 30 heavy (non-hydrogen) atoms. The zero-order valence-electron chi connectivity index (χ0n) is 17.3. The molecule has 0 spiro atoms. The first-order valence-corrected chi connectivity index (χ1v) is 10.8. The molecule has 2 aromatic heterocycles. The van der Waals surface area contributed by atoms with Crippen molar-refractivity contribution >= 4 is 32.6 Å². The van der Waals surface area contributed by atoms with Gasteiger partial charge in [0.2, 0.25) is 5.91 Å². The van der Waals surface area contributed by atoms with Crippen LogP contribution >= 0.6 is 11.3 Å². The van der Waals surface area contributed by atoms with E-state index >= 15 is 0 Å². The van der Waals surface area contributed by atoms with Crippen molar-refractivity contribution in [3.05, 3.63) is 77.2 Å². The summed E-state index contributed by atoms with van der Waals surface area (Å²) in [4.78, 5) is 19.8. The second-order valence-corrected chi connectivity index (χ2v) is 8.22. The number of benzene rings is 2. The van der Waals surface area contributed by atoms with Gasteiger partial charge in [0.25, 0.3) is 0 Å². The molecule has 0 N–H and O–H groups in total. The minimum Gasteiger partial charge on any atom is -0.494 e. The monoisotopic (exact) mass is 420 g/mol. The minimum absolute atomic E-state index is 0.0249. The maximum absolute atomic E-state index is 13.3. The molecule has 0 unspecified atom stereocenters. The average Bonchev–Trinajstić information content (AvgIpc) is 3.38. The van der Waals surface area contributed by atoms with Crippen LogP contribution in [0.5, 0.6) is 5.75 Å². The van der Waals surface area contributed by atoms with E-state index in [9.17, 15) is 4.79 Å². The Kier molecular flexibility index (Phi) is 5.86. The van der Waals surface area contributed by atoms with Crippen LogP contribution in [0.25, 0.3) is 10.2 Å². The second-order valence-electron chi connectivity index (χ2n) is 7.21. The van der Waals surface area contributed by atoms with Crippen LogP contribution in [0.15, 0.2) is 59.2 Å². The van der Waals surface area contributed by atoms with Crippen LogP contribution < -0.4 is 9.64 Å². The summed E-state index contributed by atoms with van der Waals surface area (Å²) in [5, 5.41) is 0.683. The van der Waals surface area contributed by atoms with Crippen molar-refractivity contribution in [2.45, 2.75) is 33.7 Å². The Balaban J connectivity index is 1.63. The van der Waals surface area contributed by atoms with E-state index in [1.807, 2.05) is 43.3 Å². The molecule has 0 aliphatic heterocycles. The number of fused-ring (bicyclic) bond motifs is 1. The molecule has 2 aromatic carbocycles. The zero-order chi connectivity index (χ0) is 21.1. The van der Waals surface area contributed by atoms with Crippen LogP contribution in [0.1, 0.15) is 29.4 Å². The molecule has 0 aliphatic rings. The molecule has 0 atom stereocenters. The third kappa shape index (κ3) is 4.39. The van der Waals surface area contributed by atoms with E-state index in [-0.39, 0.29) is 12.3 Å². The normalized spacial score (nSPS) is 11.0. The van der Waals surface area contributed by atoms with Crippen LogP contribution in [0.2, 0.25) is 0 Å².